The van der Waals surface area contributed by atoms with Gasteiger partial charge in [0.15, 0.2) is 0 Å². The normalized spacial score (nSPS) is 13.2. The first kappa shape index (κ1) is 23.0. The fourth-order valence-electron chi connectivity index (χ4n) is 4.22. The minimum absolute atomic E-state index is 0.0444. The van der Waals surface area contributed by atoms with E-state index >= 15 is 0 Å². The average molecular weight is 463 g/mol. The Bertz CT molecular complexity index is 1200. The van der Waals surface area contributed by atoms with Gasteiger partial charge in [-0.2, -0.15) is 5.10 Å². The van der Waals surface area contributed by atoms with Gasteiger partial charge in [-0.3, -0.25) is 14.8 Å². The number of rotatable bonds is 7. The van der Waals surface area contributed by atoms with Crippen molar-refractivity contribution in [3.05, 3.63) is 71.4 Å². The maximum absolute atomic E-state index is 12.7. The van der Waals surface area contributed by atoms with Crippen LogP contribution in [0.2, 0.25) is 0 Å². The lowest BCUT2D eigenvalue weighted by atomic mass is 9.98. The van der Waals surface area contributed by atoms with Crippen molar-refractivity contribution in [2.45, 2.75) is 25.8 Å². The molecule has 9 nitrogen and oxygen atoms in total. The first-order chi connectivity index (χ1) is 16.3. The molecule has 3 aromatic rings. The van der Waals surface area contributed by atoms with E-state index in [1.807, 2.05) is 36.4 Å². The van der Waals surface area contributed by atoms with Crippen molar-refractivity contribution < 1.29 is 24.2 Å². The zero-order valence-corrected chi connectivity index (χ0v) is 19.1. The summed E-state index contributed by atoms with van der Waals surface area (Å²) >= 11 is 0. The smallest absolute Gasteiger partial charge is 0.412 e. The molecule has 0 aliphatic heterocycles. The molecular formula is C25H26N4O5. The van der Waals surface area contributed by atoms with Crippen LogP contribution in [0.15, 0.2) is 54.7 Å². The molecule has 2 aromatic carbocycles. The third-order valence-electron chi connectivity index (χ3n) is 5.97. The van der Waals surface area contributed by atoms with Gasteiger partial charge in [-0.15, -0.1) is 0 Å². The van der Waals surface area contributed by atoms with E-state index in [9.17, 15) is 19.5 Å². The number of ether oxygens (including phenoxy) is 1. The second-order valence-electron chi connectivity index (χ2n) is 8.51. The summed E-state index contributed by atoms with van der Waals surface area (Å²) in [5, 5.41) is 18.4. The highest BCUT2D eigenvalue weighted by Crippen LogP contribution is 2.44. The molecule has 1 heterocycles. The van der Waals surface area contributed by atoms with E-state index in [-0.39, 0.29) is 29.8 Å². The molecule has 1 aromatic heterocycles. The summed E-state index contributed by atoms with van der Waals surface area (Å²) in [6.07, 6.45) is 0.534. The molecule has 3 N–H and O–H groups in total. The molecule has 0 saturated carbocycles. The van der Waals surface area contributed by atoms with Gasteiger partial charge in [0.2, 0.25) is 0 Å². The topological polar surface area (TPSA) is 123 Å². The fourth-order valence-corrected chi connectivity index (χ4v) is 4.22. The van der Waals surface area contributed by atoms with Crippen LogP contribution in [-0.4, -0.2) is 45.5 Å². The lowest BCUT2D eigenvalue weighted by Gasteiger charge is -2.18. The van der Waals surface area contributed by atoms with Crippen molar-refractivity contribution in [3.8, 4) is 11.1 Å². The number of benzene rings is 2. The fraction of sp³-hybridized carbons (Fsp3) is 0.280. The molecule has 0 saturated heterocycles. The lowest BCUT2D eigenvalue weighted by molar-refractivity contribution is -0.140. The molecule has 4 rings (SSSR count). The SMILES string of the molecule is CC(C)[C@H](NC(=O)c1cnn(C)c1NC(=O)OCC1c2ccccc2-c2ccccc21)C(=O)O. The number of nitrogens with zero attached hydrogens (tertiary/aromatic N) is 2. The number of nitrogens with one attached hydrogen (secondary N) is 2. The summed E-state index contributed by atoms with van der Waals surface area (Å²) < 4.78 is 6.86. The molecule has 176 valence electrons. The van der Waals surface area contributed by atoms with E-state index < -0.39 is 24.0 Å². The second-order valence-corrected chi connectivity index (χ2v) is 8.51. The third-order valence-corrected chi connectivity index (χ3v) is 5.97. The van der Waals surface area contributed by atoms with Gasteiger partial charge in [0, 0.05) is 13.0 Å². The number of carboxylic acid groups (broad SMARTS) is 1. The van der Waals surface area contributed by atoms with Crippen molar-refractivity contribution >= 4 is 23.8 Å². The Kier molecular flexibility index (Phi) is 6.36. The first-order valence-electron chi connectivity index (χ1n) is 11.0. The standard InChI is InChI=1S/C25H26N4O5/c1-14(2)21(24(31)32)27-23(30)19-12-26-29(3)22(19)28-25(33)34-13-20-17-10-6-4-8-15(17)16-9-5-7-11-18(16)20/h4-12,14,20-21H,13H2,1-3H3,(H,27,30)(H,28,33)(H,31,32)/t21-/m0/s1. The zero-order chi connectivity index (χ0) is 24.4. The number of fused-ring (bicyclic) bond motifs is 3. The van der Waals surface area contributed by atoms with E-state index in [1.165, 1.54) is 10.9 Å². The van der Waals surface area contributed by atoms with Gasteiger partial charge in [-0.25, -0.2) is 9.59 Å². The number of carbonyl (C=O) groups excluding carboxylic acids is 2. The maximum atomic E-state index is 12.7. The zero-order valence-electron chi connectivity index (χ0n) is 19.1. The van der Waals surface area contributed by atoms with Gasteiger partial charge >= 0.3 is 12.1 Å². The number of aromatic nitrogens is 2. The van der Waals surface area contributed by atoms with Crippen LogP contribution >= 0.6 is 0 Å². The predicted molar refractivity (Wildman–Crippen MR) is 126 cm³/mol. The minimum Gasteiger partial charge on any atom is -0.480 e. The van der Waals surface area contributed by atoms with Crippen LogP contribution in [0.3, 0.4) is 0 Å². The van der Waals surface area contributed by atoms with Gasteiger partial charge < -0.3 is 15.2 Å². The monoisotopic (exact) mass is 462 g/mol. The number of aryl methyl sites for hydroxylation is 1. The Balaban J connectivity index is 1.46. The number of carbonyl (C=O) groups is 3. The Morgan fingerprint density at radius 2 is 1.65 bits per heavy atom. The van der Waals surface area contributed by atoms with E-state index in [0.717, 1.165) is 22.3 Å². The molecule has 2 amide bonds. The molecule has 0 unspecified atom stereocenters. The number of carboxylic acids is 1. The van der Waals surface area contributed by atoms with Crippen LogP contribution in [0.4, 0.5) is 10.6 Å². The molecule has 0 bridgehead atoms. The van der Waals surface area contributed by atoms with Gasteiger partial charge in [-0.1, -0.05) is 62.4 Å². The van der Waals surface area contributed by atoms with Crippen LogP contribution < -0.4 is 10.6 Å². The Hall–Kier alpha value is -4.14. The highest BCUT2D eigenvalue weighted by molar-refractivity contribution is 6.03. The van der Waals surface area contributed by atoms with E-state index in [0.29, 0.717) is 0 Å². The van der Waals surface area contributed by atoms with Crippen LogP contribution in [0.1, 0.15) is 41.3 Å². The Labute approximate surface area is 196 Å². The van der Waals surface area contributed by atoms with E-state index in [2.05, 4.69) is 27.9 Å². The third kappa shape index (κ3) is 4.36. The summed E-state index contributed by atoms with van der Waals surface area (Å²) in [7, 11) is 1.56. The number of hydrogen-bond acceptors (Lipinski definition) is 5. The summed E-state index contributed by atoms with van der Waals surface area (Å²) in [5.41, 5.74) is 4.46. The number of amides is 2. The quantitative estimate of drug-likeness (QED) is 0.493. The molecule has 1 atom stereocenters. The van der Waals surface area contributed by atoms with Crippen LogP contribution in [-0.2, 0) is 16.6 Å². The van der Waals surface area contributed by atoms with E-state index in [4.69, 9.17) is 4.74 Å². The van der Waals surface area contributed by atoms with Crippen LogP contribution in [0.25, 0.3) is 11.1 Å². The van der Waals surface area contributed by atoms with Gasteiger partial charge in [0.1, 0.15) is 24.0 Å². The number of hydrogen-bond donors (Lipinski definition) is 3. The molecule has 1 aliphatic rings. The highest BCUT2D eigenvalue weighted by atomic mass is 16.5. The summed E-state index contributed by atoms with van der Waals surface area (Å²) in [6.45, 7) is 3.50. The number of aliphatic carboxylic acids is 1. The van der Waals surface area contributed by atoms with Crippen molar-refractivity contribution in [3.63, 3.8) is 0 Å². The summed E-state index contributed by atoms with van der Waals surface area (Å²) in [4.78, 5) is 36.8. The molecular weight excluding hydrogens is 436 g/mol. The van der Waals surface area contributed by atoms with Crippen LogP contribution in [0.5, 0.6) is 0 Å². The molecule has 9 heteroatoms. The van der Waals surface area contributed by atoms with Gasteiger partial charge in [0.25, 0.3) is 5.91 Å². The second kappa shape index (κ2) is 9.38. The largest absolute Gasteiger partial charge is 0.480 e. The highest BCUT2D eigenvalue weighted by Gasteiger charge is 2.30. The number of anilines is 1. The molecule has 34 heavy (non-hydrogen) atoms. The van der Waals surface area contributed by atoms with Crippen molar-refractivity contribution in [2.24, 2.45) is 13.0 Å². The lowest BCUT2D eigenvalue weighted by Crippen LogP contribution is -2.44. The Morgan fingerprint density at radius 3 is 2.21 bits per heavy atom. The molecule has 0 radical (unpaired) electrons. The summed E-state index contributed by atoms with van der Waals surface area (Å²) in [5.74, 6) is -2.10. The van der Waals surface area contributed by atoms with Crippen LogP contribution in [0, 0.1) is 5.92 Å². The van der Waals surface area contributed by atoms with Crippen molar-refractivity contribution in [1.29, 1.82) is 0 Å². The molecule has 1 aliphatic carbocycles. The summed E-state index contributed by atoms with van der Waals surface area (Å²) in [6, 6.07) is 15.0. The Morgan fingerprint density at radius 1 is 1.06 bits per heavy atom. The minimum atomic E-state index is -1.14. The molecule has 0 spiro atoms. The van der Waals surface area contributed by atoms with Gasteiger partial charge in [0.05, 0.1) is 6.20 Å². The molecule has 0 fully saturated rings. The average Bonchev–Trinajstić information content (AvgIpc) is 3.33. The maximum Gasteiger partial charge on any atom is 0.412 e. The van der Waals surface area contributed by atoms with E-state index in [1.54, 1.807) is 20.9 Å². The van der Waals surface area contributed by atoms with Crippen molar-refractivity contribution in [1.82, 2.24) is 15.1 Å². The van der Waals surface area contributed by atoms with Gasteiger partial charge in [-0.05, 0) is 28.2 Å². The van der Waals surface area contributed by atoms with Crippen molar-refractivity contribution in [2.75, 3.05) is 11.9 Å². The predicted octanol–water partition coefficient (Wildman–Crippen LogP) is 3.62. The first-order valence-corrected chi connectivity index (χ1v) is 11.0.